The average molecular weight is 363 g/mol. The van der Waals surface area contributed by atoms with Gasteiger partial charge in [0.2, 0.25) is 0 Å². The van der Waals surface area contributed by atoms with Crippen molar-refractivity contribution < 1.29 is 28.6 Å². The number of carbonyl (C=O) groups excluding carboxylic acids is 3. The van der Waals surface area contributed by atoms with Crippen molar-refractivity contribution in [3.63, 3.8) is 0 Å². The Morgan fingerprint density at radius 1 is 1.19 bits per heavy atom. The van der Waals surface area contributed by atoms with Crippen molar-refractivity contribution in [2.45, 2.75) is 59.0 Å². The van der Waals surface area contributed by atoms with E-state index in [4.69, 9.17) is 14.2 Å². The number of imide groups is 1. The molecule has 0 spiro atoms. The van der Waals surface area contributed by atoms with Crippen molar-refractivity contribution in [1.82, 2.24) is 4.90 Å². The zero-order valence-electron chi connectivity index (χ0n) is 15.7. The van der Waals surface area contributed by atoms with Crippen LogP contribution in [0.5, 0.6) is 0 Å². The summed E-state index contributed by atoms with van der Waals surface area (Å²) in [7, 11) is 0. The van der Waals surface area contributed by atoms with Gasteiger partial charge in [-0.1, -0.05) is 44.2 Å². The largest absolute Gasteiger partial charge is 0.459 e. The first-order valence-corrected chi connectivity index (χ1v) is 8.53. The van der Waals surface area contributed by atoms with E-state index in [1.54, 1.807) is 34.6 Å². The second-order valence-electron chi connectivity index (χ2n) is 7.48. The van der Waals surface area contributed by atoms with E-state index in [2.05, 4.69) is 0 Å². The number of amides is 2. The third-order valence-corrected chi connectivity index (χ3v) is 3.74. The Hall–Kier alpha value is -2.57. The number of benzene rings is 1. The maximum absolute atomic E-state index is 12.7. The lowest BCUT2D eigenvalue weighted by molar-refractivity contribution is -0.151. The number of rotatable bonds is 4. The normalized spacial score (nSPS) is 20.1. The minimum atomic E-state index is -1.18. The molecule has 7 heteroatoms. The maximum Gasteiger partial charge on any atom is 0.420 e. The van der Waals surface area contributed by atoms with Crippen LogP contribution < -0.4 is 0 Å². The topological polar surface area (TPSA) is 82.1 Å². The summed E-state index contributed by atoms with van der Waals surface area (Å²) in [5.74, 6) is -0.884. The summed E-state index contributed by atoms with van der Waals surface area (Å²) in [6, 6.07) is 7.96. The van der Waals surface area contributed by atoms with Gasteiger partial charge in [0.15, 0.2) is 6.04 Å². The molecule has 0 aromatic heterocycles. The highest BCUT2D eigenvalue weighted by Crippen LogP contribution is 2.28. The Morgan fingerprint density at radius 2 is 1.81 bits per heavy atom. The quantitative estimate of drug-likeness (QED) is 0.601. The monoisotopic (exact) mass is 363 g/mol. The van der Waals surface area contributed by atoms with E-state index < -0.39 is 35.9 Å². The van der Waals surface area contributed by atoms with Gasteiger partial charge in [-0.2, -0.15) is 4.90 Å². The predicted octanol–water partition coefficient (Wildman–Crippen LogP) is 3.51. The Morgan fingerprint density at radius 3 is 2.35 bits per heavy atom. The number of cyclic esters (lactones) is 1. The first-order valence-electron chi connectivity index (χ1n) is 8.53. The van der Waals surface area contributed by atoms with E-state index >= 15 is 0 Å². The number of nitrogens with zero attached hydrogens (tertiary/aromatic N) is 1. The van der Waals surface area contributed by atoms with Crippen LogP contribution in [0.2, 0.25) is 0 Å². The van der Waals surface area contributed by atoms with E-state index in [1.165, 1.54) is 0 Å². The lowest BCUT2D eigenvalue weighted by Gasteiger charge is -2.26. The molecule has 142 valence electrons. The van der Waals surface area contributed by atoms with Gasteiger partial charge in [-0.25, -0.2) is 14.4 Å². The average Bonchev–Trinajstić information content (AvgIpc) is 2.90. The van der Waals surface area contributed by atoms with Gasteiger partial charge in [0.1, 0.15) is 18.3 Å². The number of esters is 1. The third-order valence-electron chi connectivity index (χ3n) is 3.74. The number of carbonyl (C=O) groups is 3. The molecule has 0 saturated carbocycles. The van der Waals surface area contributed by atoms with Crippen molar-refractivity contribution >= 4 is 18.2 Å². The summed E-state index contributed by atoms with van der Waals surface area (Å²) >= 11 is 0. The minimum Gasteiger partial charge on any atom is -0.459 e. The summed E-state index contributed by atoms with van der Waals surface area (Å²) < 4.78 is 15.8. The Bertz CT molecular complexity index is 664. The molecule has 1 saturated heterocycles. The third kappa shape index (κ3) is 4.74. The summed E-state index contributed by atoms with van der Waals surface area (Å²) in [6.07, 6.45) is -2.62. The molecule has 26 heavy (non-hydrogen) atoms. The van der Waals surface area contributed by atoms with E-state index in [9.17, 15) is 14.4 Å². The van der Waals surface area contributed by atoms with Crippen LogP contribution >= 0.6 is 0 Å². The highest BCUT2D eigenvalue weighted by Gasteiger charge is 2.52. The van der Waals surface area contributed by atoms with Crippen LogP contribution in [0.4, 0.5) is 9.59 Å². The lowest BCUT2D eigenvalue weighted by atomic mass is 10.00. The molecular formula is C19H25NO6. The van der Waals surface area contributed by atoms with Crippen molar-refractivity contribution in [3.8, 4) is 0 Å². The molecule has 1 aliphatic rings. The minimum absolute atomic E-state index is 0.0390. The molecule has 2 rings (SSSR count). The fourth-order valence-corrected chi connectivity index (χ4v) is 2.55. The molecule has 0 unspecified atom stereocenters. The van der Waals surface area contributed by atoms with E-state index in [0.717, 1.165) is 5.56 Å². The fraction of sp³-hybridized carbons (Fsp3) is 0.526. The van der Waals surface area contributed by atoms with E-state index in [0.29, 0.717) is 4.90 Å². The second kappa shape index (κ2) is 7.76. The van der Waals surface area contributed by atoms with Crippen LogP contribution in [0.3, 0.4) is 0 Å². The molecule has 0 bridgehead atoms. The first-order chi connectivity index (χ1) is 12.1. The summed E-state index contributed by atoms with van der Waals surface area (Å²) in [4.78, 5) is 38.0. The summed E-state index contributed by atoms with van der Waals surface area (Å²) in [5, 5.41) is 0. The molecule has 0 radical (unpaired) electrons. The first kappa shape index (κ1) is 19.8. The standard InChI is InChI=1S/C19H25NO6/c1-12(2)15-14(16(21)24-11-13-9-7-6-8-10-13)20(17(22)25-15)18(23)26-19(3,4)5/h6-10,12,14-15H,11H2,1-5H3/t14-,15-/m0/s1. The van der Waals surface area contributed by atoms with Gasteiger partial charge in [-0.05, 0) is 32.3 Å². The molecule has 1 fully saturated rings. The summed E-state index contributed by atoms with van der Waals surface area (Å²) in [5.41, 5.74) is -0.0119. The zero-order valence-corrected chi connectivity index (χ0v) is 15.7. The number of hydrogen-bond donors (Lipinski definition) is 0. The van der Waals surface area contributed by atoms with Gasteiger partial charge in [0.25, 0.3) is 0 Å². The van der Waals surface area contributed by atoms with Crippen LogP contribution in [0.1, 0.15) is 40.2 Å². The molecule has 1 aliphatic heterocycles. The van der Waals surface area contributed by atoms with Crippen LogP contribution in [0, 0.1) is 5.92 Å². The molecule has 1 aromatic carbocycles. The van der Waals surface area contributed by atoms with Gasteiger partial charge in [-0.3, -0.25) is 0 Å². The van der Waals surface area contributed by atoms with Gasteiger partial charge in [-0.15, -0.1) is 0 Å². The molecule has 1 aromatic rings. The molecule has 2 amide bonds. The molecule has 2 atom stereocenters. The van der Waals surface area contributed by atoms with Crippen LogP contribution in [-0.2, 0) is 25.6 Å². The van der Waals surface area contributed by atoms with Crippen molar-refractivity contribution in [3.05, 3.63) is 35.9 Å². The van der Waals surface area contributed by atoms with Gasteiger partial charge in [0, 0.05) is 0 Å². The Labute approximate surface area is 153 Å². The highest BCUT2D eigenvalue weighted by molar-refractivity contribution is 5.96. The number of hydrogen-bond acceptors (Lipinski definition) is 6. The second-order valence-corrected chi connectivity index (χ2v) is 7.48. The van der Waals surface area contributed by atoms with Crippen molar-refractivity contribution in [1.29, 1.82) is 0 Å². The van der Waals surface area contributed by atoms with Crippen molar-refractivity contribution in [2.24, 2.45) is 5.92 Å². The molecular weight excluding hydrogens is 338 g/mol. The van der Waals surface area contributed by atoms with Gasteiger partial charge >= 0.3 is 18.2 Å². The summed E-state index contributed by atoms with van der Waals surface area (Å²) in [6.45, 7) is 8.66. The van der Waals surface area contributed by atoms with Crippen LogP contribution in [-0.4, -0.2) is 40.8 Å². The molecule has 7 nitrogen and oxygen atoms in total. The Kier molecular flexibility index (Phi) is 5.90. The van der Waals surface area contributed by atoms with Gasteiger partial charge in [0.05, 0.1) is 0 Å². The SMILES string of the molecule is CC(C)[C@@H]1OC(=O)N(C(=O)OC(C)(C)C)[C@@H]1C(=O)OCc1ccccc1. The van der Waals surface area contributed by atoms with E-state index in [1.807, 2.05) is 30.3 Å². The van der Waals surface area contributed by atoms with Crippen LogP contribution in [0.15, 0.2) is 30.3 Å². The van der Waals surface area contributed by atoms with Crippen LogP contribution in [0.25, 0.3) is 0 Å². The molecule has 0 N–H and O–H groups in total. The fourth-order valence-electron chi connectivity index (χ4n) is 2.55. The smallest absolute Gasteiger partial charge is 0.420 e. The lowest BCUT2D eigenvalue weighted by Crippen LogP contribution is -2.49. The number of ether oxygens (including phenoxy) is 3. The van der Waals surface area contributed by atoms with Crippen molar-refractivity contribution in [2.75, 3.05) is 0 Å². The maximum atomic E-state index is 12.7. The van der Waals surface area contributed by atoms with Gasteiger partial charge < -0.3 is 14.2 Å². The Balaban J connectivity index is 2.18. The highest BCUT2D eigenvalue weighted by atomic mass is 16.6. The molecule has 0 aliphatic carbocycles. The van der Waals surface area contributed by atoms with E-state index in [-0.39, 0.29) is 12.5 Å². The predicted molar refractivity (Wildman–Crippen MR) is 93.2 cm³/mol. The zero-order chi connectivity index (χ0) is 19.5. The molecule has 1 heterocycles.